The molecule has 10 heteroatoms. The molecule has 1 heterocycles. The standard InChI is InChI=1S/C22H18Cl2N2O6/c1-11(2)13-3-5-14(6-4-13)26-21(30)15(20(29)25-22(26)31)7-12-8-16(23)19(17(24)9-12)32-10-18(27)28/h3-9,11H,10H2,1-2H3,(H,27,28)(H,25,29,31). The number of carbonyl (C=O) groups is 4. The summed E-state index contributed by atoms with van der Waals surface area (Å²) in [4.78, 5) is 49.3. The van der Waals surface area contributed by atoms with E-state index in [9.17, 15) is 19.2 Å². The third kappa shape index (κ3) is 4.92. The van der Waals surface area contributed by atoms with Crippen molar-refractivity contribution in [1.29, 1.82) is 0 Å². The summed E-state index contributed by atoms with van der Waals surface area (Å²) >= 11 is 12.2. The van der Waals surface area contributed by atoms with Crippen LogP contribution in [-0.2, 0) is 14.4 Å². The van der Waals surface area contributed by atoms with E-state index in [-0.39, 0.29) is 32.8 Å². The van der Waals surface area contributed by atoms with Crippen molar-refractivity contribution in [1.82, 2.24) is 5.32 Å². The van der Waals surface area contributed by atoms with Crippen molar-refractivity contribution in [2.75, 3.05) is 11.5 Å². The monoisotopic (exact) mass is 476 g/mol. The van der Waals surface area contributed by atoms with E-state index in [1.807, 2.05) is 13.8 Å². The van der Waals surface area contributed by atoms with Crippen molar-refractivity contribution in [3.05, 3.63) is 63.1 Å². The number of imide groups is 2. The maximum absolute atomic E-state index is 13.0. The molecule has 2 N–H and O–H groups in total. The Morgan fingerprint density at radius 2 is 1.72 bits per heavy atom. The van der Waals surface area contributed by atoms with Crippen molar-refractivity contribution in [3.8, 4) is 5.75 Å². The molecule has 0 radical (unpaired) electrons. The van der Waals surface area contributed by atoms with Crippen LogP contribution in [0.25, 0.3) is 6.08 Å². The van der Waals surface area contributed by atoms with Crippen LogP contribution in [0.2, 0.25) is 10.0 Å². The summed E-state index contributed by atoms with van der Waals surface area (Å²) < 4.78 is 5.05. The van der Waals surface area contributed by atoms with Crippen LogP contribution in [0.5, 0.6) is 5.75 Å². The van der Waals surface area contributed by atoms with Gasteiger partial charge in [0.2, 0.25) is 0 Å². The number of carboxylic acids is 1. The van der Waals surface area contributed by atoms with Gasteiger partial charge in [-0.15, -0.1) is 0 Å². The van der Waals surface area contributed by atoms with Gasteiger partial charge >= 0.3 is 12.0 Å². The summed E-state index contributed by atoms with van der Waals surface area (Å²) in [7, 11) is 0. The minimum atomic E-state index is -1.21. The van der Waals surface area contributed by atoms with Gasteiger partial charge in [0, 0.05) is 0 Å². The number of ether oxygens (including phenoxy) is 1. The fourth-order valence-electron chi connectivity index (χ4n) is 3.00. The highest BCUT2D eigenvalue weighted by molar-refractivity contribution is 6.40. The molecule has 2 aromatic rings. The van der Waals surface area contributed by atoms with Crippen molar-refractivity contribution in [2.24, 2.45) is 0 Å². The molecule has 3 rings (SSSR count). The Labute approximate surface area is 193 Å². The average molecular weight is 477 g/mol. The molecule has 4 amide bonds. The number of urea groups is 1. The van der Waals surface area contributed by atoms with Crippen molar-refractivity contribution < 1.29 is 29.0 Å². The quantitative estimate of drug-likeness (QED) is 0.475. The number of amides is 4. The molecule has 1 aliphatic rings. The highest BCUT2D eigenvalue weighted by Crippen LogP contribution is 2.35. The second-order valence-electron chi connectivity index (χ2n) is 7.20. The number of aliphatic carboxylic acids is 1. The number of nitrogens with one attached hydrogen (secondary N) is 1. The van der Waals surface area contributed by atoms with Gasteiger partial charge in [-0.05, 0) is 47.4 Å². The Kier molecular flexibility index (Phi) is 6.86. The van der Waals surface area contributed by atoms with Crippen LogP contribution >= 0.6 is 23.2 Å². The maximum atomic E-state index is 13.0. The number of anilines is 1. The Morgan fingerprint density at radius 3 is 2.25 bits per heavy atom. The molecule has 0 unspecified atom stereocenters. The topological polar surface area (TPSA) is 113 Å². The fraction of sp³-hybridized carbons (Fsp3) is 0.182. The van der Waals surface area contributed by atoms with Gasteiger partial charge in [-0.1, -0.05) is 49.2 Å². The number of carbonyl (C=O) groups excluding carboxylic acids is 3. The molecule has 0 aliphatic carbocycles. The van der Waals surface area contributed by atoms with E-state index in [0.717, 1.165) is 10.5 Å². The Bertz CT molecular complexity index is 1120. The van der Waals surface area contributed by atoms with E-state index in [2.05, 4.69) is 5.32 Å². The molecule has 0 atom stereocenters. The Balaban J connectivity index is 1.94. The molecule has 0 aromatic heterocycles. The van der Waals surface area contributed by atoms with Gasteiger partial charge in [0.15, 0.2) is 12.4 Å². The zero-order chi connectivity index (χ0) is 23.6. The van der Waals surface area contributed by atoms with Gasteiger partial charge in [-0.2, -0.15) is 0 Å². The normalized spacial score (nSPS) is 15.3. The van der Waals surface area contributed by atoms with Gasteiger partial charge in [-0.3, -0.25) is 14.9 Å². The van der Waals surface area contributed by atoms with E-state index in [1.165, 1.54) is 18.2 Å². The van der Waals surface area contributed by atoms with Gasteiger partial charge in [0.25, 0.3) is 11.8 Å². The minimum Gasteiger partial charge on any atom is -0.479 e. The third-order valence-corrected chi connectivity index (χ3v) is 5.15. The molecular formula is C22H18Cl2N2O6. The van der Waals surface area contributed by atoms with Crippen LogP contribution in [0.15, 0.2) is 42.0 Å². The molecule has 0 bridgehead atoms. The first-order chi connectivity index (χ1) is 15.1. The van der Waals surface area contributed by atoms with Gasteiger partial charge in [0.1, 0.15) is 5.57 Å². The number of hydrogen-bond acceptors (Lipinski definition) is 5. The molecule has 1 fully saturated rings. The molecule has 1 saturated heterocycles. The van der Waals surface area contributed by atoms with Crippen LogP contribution in [0.1, 0.15) is 30.9 Å². The molecule has 2 aromatic carbocycles. The van der Waals surface area contributed by atoms with Crippen LogP contribution in [0.4, 0.5) is 10.5 Å². The Morgan fingerprint density at radius 1 is 1.12 bits per heavy atom. The fourth-order valence-corrected chi connectivity index (χ4v) is 3.61. The number of barbiturate groups is 1. The van der Waals surface area contributed by atoms with Crippen LogP contribution in [-0.4, -0.2) is 35.5 Å². The summed E-state index contributed by atoms with van der Waals surface area (Å²) in [5, 5.41) is 10.9. The van der Waals surface area contributed by atoms with E-state index < -0.39 is 30.4 Å². The molecule has 166 valence electrons. The van der Waals surface area contributed by atoms with E-state index in [1.54, 1.807) is 24.3 Å². The predicted octanol–water partition coefficient (Wildman–Crippen LogP) is 4.25. The van der Waals surface area contributed by atoms with E-state index in [0.29, 0.717) is 5.69 Å². The van der Waals surface area contributed by atoms with Crippen LogP contribution in [0, 0.1) is 0 Å². The second-order valence-corrected chi connectivity index (χ2v) is 8.01. The summed E-state index contributed by atoms with van der Waals surface area (Å²) in [6, 6.07) is 8.71. The van der Waals surface area contributed by atoms with Crippen molar-refractivity contribution >= 4 is 58.8 Å². The second kappa shape index (κ2) is 9.42. The lowest BCUT2D eigenvalue weighted by atomic mass is 10.0. The molecule has 32 heavy (non-hydrogen) atoms. The van der Waals surface area contributed by atoms with E-state index >= 15 is 0 Å². The summed E-state index contributed by atoms with van der Waals surface area (Å²) in [5.74, 6) is -2.66. The number of hydrogen-bond donors (Lipinski definition) is 2. The number of nitrogens with zero attached hydrogens (tertiary/aromatic N) is 1. The molecule has 8 nitrogen and oxygen atoms in total. The number of carboxylic acid groups (broad SMARTS) is 1. The highest BCUT2D eigenvalue weighted by atomic mass is 35.5. The van der Waals surface area contributed by atoms with Crippen molar-refractivity contribution in [3.63, 3.8) is 0 Å². The lowest BCUT2D eigenvalue weighted by Crippen LogP contribution is -2.54. The molecular weight excluding hydrogens is 459 g/mol. The number of halogens is 2. The van der Waals surface area contributed by atoms with Crippen LogP contribution < -0.4 is 15.0 Å². The van der Waals surface area contributed by atoms with E-state index in [4.69, 9.17) is 33.0 Å². The average Bonchev–Trinajstić information content (AvgIpc) is 2.70. The minimum absolute atomic E-state index is 0.00790. The SMILES string of the molecule is CC(C)c1ccc(N2C(=O)NC(=O)C(=Cc3cc(Cl)c(OCC(=O)O)c(Cl)c3)C2=O)cc1. The first kappa shape index (κ1) is 23.3. The molecule has 0 saturated carbocycles. The smallest absolute Gasteiger partial charge is 0.341 e. The third-order valence-electron chi connectivity index (χ3n) is 4.59. The predicted molar refractivity (Wildman–Crippen MR) is 119 cm³/mol. The zero-order valence-electron chi connectivity index (χ0n) is 17.0. The van der Waals surface area contributed by atoms with Gasteiger partial charge in [-0.25, -0.2) is 14.5 Å². The molecule has 0 spiro atoms. The number of rotatable bonds is 6. The first-order valence-corrected chi connectivity index (χ1v) is 10.2. The first-order valence-electron chi connectivity index (χ1n) is 9.43. The number of benzene rings is 2. The maximum Gasteiger partial charge on any atom is 0.341 e. The van der Waals surface area contributed by atoms with Gasteiger partial charge in [0.05, 0.1) is 15.7 Å². The lowest BCUT2D eigenvalue weighted by Gasteiger charge is -2.26. The summed E-state index contributed by atoms with van der Waals surface area (Å²) in [5.41, 5.74) is 1.32. The van der Waals surface area contributed by atoms with Crippen LogP contribution in [0.3, 0.4) is 0 Å². The zero-order valence-corrected chi connectivity index (χ0v) is 18.5. The molecule has 1 aliphatic heterocycles. The lowest BCUT2D eigenvalue weighted by molar-refractivity contribution is -0.139. The largest absolute Gasteiger partial charge is 0.479 e. The highest BCUT2D eigenvalue weighted by Gasteiger charge is 2.36. The van der Waals surface area contributed by atoms with Gasteiger partial charge < -0.3 is 9.84 Å². The summed E-state index contributed by atoms with van der Waals surface area (Å²) in [6.45, 7) is 3.39. The van der Waals surface area contributed by atoms with Crippen molar-refractivity contribution in [2.45, 2.75) is 19.8 Å². The Hall–Kier alpha value is -3.36. The summed E-state index contributed by atoms with van der Waals surface area (Å²) in [6.07, 6.45) is 1.23.